The minimum atomic E-state index is -0.473. The minimum Gasteiger partial charge on any atom is -0.493 e. The quantitative estimate of drug-likeness (QED) is 0.161. The van der Waals surface area contributed by atoms with E-state index in [1.165, 1.54) is 36.8 Å². The number of nitrogens with zero attached hydrogens (tertiary/aromatic N) is 2. The number of thiophene rings is 1. The predicted molar refractivity (Wildman–Crippen MR) is 124 cm³/mol. The normalized spacial score (nSPS) is 10.7. The van der Waals surface area contributed by atoms with Crippen LogP contribution in [0.1, 0.15) is 15.2 Å². The molecular weight excluding hydrogens is 521 g/mol. The molecule has 2 aromatic carbocycles. The molecule has 10 heteroatoms. The summed E-state index contributed by atoms with van der Waals surface area (Å²) in [7, 11) is 1.52. The second-order valence-electron chi connectivity index (χ2n) is 5.82. The molecule has 1 N–H and O–H groups in total. The highest BCUT2D eigenvalue weighted by Gasteiger charge is 2.13. The fraction of sp³-hybridized carbons (Fsp3) is 0.100. The van der Waals surface area contributed by atoms with Gasteiger partial charge < -0.3 is 9.47 Å². The molecule has 152 valence electrons. The van der Waals surface area contributed by atoms with Gasteiger partial charge in [0.05, 0.1) is 26.7 Å². The van der Waals surface area contributed by atoms with Gasteiger partial charge in [-0.25, -0.2) is 5.43 Å². The Balaban J connectivity index is 1.74. The van der Waals surface area contributed by atoms with Crippen molar-refractivity contribution in [3.63, 3.8) is 0 Å². The average molecular weight is 535 g/mol. The van der Waals surface area contributed by atoms with E-state index in [-0.39, 0.29) is 12.3 Å². The first-order valence-electron chi connectivity index (χ1n) is 8.38. The van der Waals surface area contributed by atoms with E-state index < -0.39 is 10.8 Å². The van der Waals surface area contributed by atoms with Gasteiger partial charge in [-0.1, -0.05) is 5.92 Å². The molecule has 0 radical (unpaired) electrons. The third-order valence-corrected chi connectivity index (χ3v) is 5.78. The van der Waals surface area contributed by atoms with Crippen molar-refractivity contribution in [2.45, 2.75) is 0 Å². The van der Waals surface area contributed by atoms with Gasteiger partial charge in [-0.15, -0.1) is 17.8 Å². The van der Waals surface area contributed by atoms with Crippen molar-refractivity contribution >= 4 is 61.8 Å². The number of methoxy groups -OCH3 is 1. The smallest absolute Gasteiger partial charge is 0.281 e. The molecule has 0 aliphatic carbocycles. The summed E-state index contributed by atoms with van der Waals surface area (Å²) in [5.41, 5.74) is 3.12. The van der Waals surface area contributed by atoms with Crippen LogP contribution in [0.5, 0.6) is 11.5 Å². The summed E-state index contributed by atoms with van der Waals surface area (Å²) in [4.78, 5) is 23.2. The molecule has 3 aromatic rings. The first kappa shape index (κ1) is 21.5. The number of benzene rings is 2. The zero-order valence-corrected chi connectivity index (χ0v) is 18.5. The number of amides is 1. The maximum Gasteiger partial charge on any atom is 0.281 e. The topological polar surface area (TPSA) is 103 Å². The average Bonchev–Trinajstić information content (AvgIpc) is 3.16. The monoisotopic (exact) mass is 535 g/mol. The Kier molecular flexibility index (Phi) is 6.86. The number of carbonyl (C=O) groups is 1. The number of hydrazone groups is 1. The summed E-state index contributed by atoms with van der Waals surface area (Å²) >= 11 is 3.32. The lowest BCUT2D eigenvalue weighted by molar-refractivity contribution is -0.384. The van der Waals surface area contributed by atoms with E-state index in [4.69, 9.17) is 15.9 Å². The lowest BCUT2D eigenvalue weighted by atomic mass is 10.2. The number of hydrogen-bond acceptors (Lipinski definition) is 7. The number of nitro groups is 1. The Morgan fingerprint density at radius 1 is 1.40 bits per heavy atom. The largest absolute Gasteiger partial charge is 0.493 e. The number of fused-ring (bicyclic) bond motifs is 1. The molecule has 0 saturated heterocycles. The molecule has 0 fully saturated rings. The van der Waals surface area contributed by atoms with Crippen LogP contribution in [-0.2, 0) is 0 Å². The number of non-ortho nitro benzene ring substituents is 1. The number of hydrogen-bond donors (Lipinski definition) is 1. The molecule has 0 unspecified atom stereocenters. The molecule has 3 rings (SSSR count). The summed E-state index contributed by atoms with van der Waals surface area (Å²) in [6, 6.07) is 9.58. The Bertz CT molecular complexity index is 1200. The van der Waals surface area contributed by atoms with Crippen LogP contribution in [0.4, 0.5) is 5.69 Å². The van der Waals surface area contributed by atoms with Crippen LogP contribution >= 0.6 is 33.9 Å². The van der Waals surface area contributed by atoms with Crippen molar-refractivity contribution in [3.05, 3.63) is 60.5 Å². The number of carbonyl (C=O) groups excluding carboxylic acids is 1. The second kappa shape index (κ2) is 9.55. The molecule has 0 bridgehead atoms. The fourth-order valence-corrected chi connectivity index (χ4v) is 4.26. The third kappa shape index (κ3) is 4.87. The van der Waals surface area contributed by atoms with Gasteiger partial charge in [-0.2, -0.15) is 5.10 Å². The summed E-state index contributed by atoms with van der Waals surface area (Å²) in [6.45, 7) is 0.119. The number of rotatable bonds is 7. The molecule has 0 atom stereocenters. The van der Waals surface area contributed by atoms with Crippen molar-refractivity contribution in [3.8, 4) is 23.8 Å². The van der Waals surface area contributed by atoms with Crippen LogP contribution in [0.15, 0.2) is 41.5 Å². The molecule has 30 heavy (non-hydrogen) atoms. The van der Waals surface area contributed by atoms with E-state index in [1.54, 1.807) is 18.2 Å². The van der Waals surface area contributed by atoms with Crippen LogP contribution < -0.4 is 14.9 Å². The van der Waals surface area contributed by atoms with Gasteiger partial charge in [0, 0.05) is 22.2 Å². The number of ether oxygens (including phenoxy) is 2. The van der Waals surface area contributed by atoms with Crippen molar-refractivity contribution in [1.82, 2.24) is 5.43 Å². The number of halogens is 1. The summed E-state index contributed by atoms with van der Waals surface area (Å²) in [6.07, 6.45) is 6.70. The maximum atomic E-state index is 12.4. The zero-order valence-electron chi connectivity index (χ0n) is 15.5. The predicted octanol–water partition coefficient (Wildman–Crippen LogP) is 4.20. The van der Waals surface area contributed by atoms with Crippen LogP contribution in [-0.4, -0.2) is 30.8 Å². The van der Waals surface area contributed by atoms with Crippen LogP contribution in [0.2, 0.25) is 0 Å². The van der Waals surface area contributed by atoms with Crippen LogP contribution in [0.25, 0.3) is 10.1 Å². The Morgan fingerprint density at radius 3 is 2.90 bits per heavy atom. The number of nitrogens with one attached hydrogen (secondary N) is 1. The molecule has 1 amide bonds. The molecular formula is C20H14IN3O5S. The Morgan fingerprint density at radius 2 is 2.20 bits per heavy atom. The Labute approximate surface area is 189 Å². The van der Waals surface area contributed by atoms with Crippen molar-refractivity contribution in [1.29, 1.82) is 0 Å². The second-order valence-corrected chi connectivity index (χ2v) is 8.06. The first-order chi connectivity index (χ1) is 14.4. The van der Waals surface area contributed by atoms with Gasteiger partial charge in [0.2, 0.25) is 0 Å². The molecule has 0 spiro atoms. The van der Waals surface area contributed by atoms with Crippen molar-refractivity contribution in [2.24, 2.45) is 5.10 Å². The SMILES string of the molecule is C#CCOc1c(I)cc(/C=N\NC(=O)c2cc3cc([N+](=O)[O-])ccc3s2)cc1OC. The number of nitro benzene ring substituents is 1. The molecule has 0 saturated carbocycles. The molecule has 1 aromatic heterocycles. The van der Waals surface area contributed by atoms with Gasteiger partial charge in [0.15, 0.2) is 11.5 Å². The number of terminal acetylenes is 1. The van der Waals surface area contributed by atoms with Crippen LogP contribution in [0, 0.1) is 26.0 Å². The van der Waals surface area contributed by atoms with Gasteiger partial charge in [-0.3, -0.25) is 14.9 Å². The molecule has 0 aliphatic heterocycles. The lowest BCUT2D eigenvalue weighted by Gasteiger charge is -2.11. The highest BCUT2D eigenvalue weighted by atomic mass is 127. The van der Waals surface area contributed by atoms with E-state index in [1.807, 2.05) is 6.07 Å². The Hall–Kier alpha value is -3.17. The van der Waals surface area contributed by atoms with E-state index in [0.717, 1.165) is 8.27 Å². The molecule has 0 aliphatic rings. The van der Waals surface area contributed by atoms with Gasteiger partial charge in [-0.05, 0) is 52.4 Å². The van der Waals surface area contributed by atoms with E-state index in [9.17, 15) is 14.9 Å². The van der Waals surface area contributed by atoms with E-state index >= 15 is 0 Å². The van der Waals surface area contributed by atoms with Crippen molar-refractivity contribution < 1.29 is 19.2 Å². The highest BCUT2D eigenvalue weighted by Crippen LogP contribution is 2.33. The molecule has 8 nitrogen and oxygen atoms in total. The summed E-state index contributed by atoms with van der Waals surface area (Å²) in [5, 5.41) is 15.5. The minimum absolute atomic E-state index is 0.0245. The van der Waals surface area contributed by atoms with Gasteiger partial charge in [0.25, 0.3) is 11.6 Å². The van der Waals surface area contributed by atoms with Gasteiger partial charge >= 0.3 is 0 Å². The highest BCUT2D eigenvalue weighted by molar-refractivity contribution is 14.1. The van der Waals surface area contributed by atoms with Gasteiger partial charge in [0.1, 0.15) is 6.61 Å². The van der Waals surface area contributed by atoms with E-state index in [2.05, 4.69) is 39.0 Å². The molecule has 1 heterocycles. The first-order valence-corrected chi connectivity index (χ1v) is 10.3. The van der Waals surface area contributed by atoms with E-state index in [0.29, 0.717) is 27.3 Å². The fourth-order valence-electron chi connectivity index (χ4n) is 2.54. The lowest BCUT2D eigenvalue weighted by Crippen LogP contribution is -2.16. The van der Waals surface area contributed by atoms with Crippen molar-refractivity contribution in [2.75, 3.05) is 13.7 Å². The third-order valence-electron chi connectivity index (χ3n) is 3.87. The zero-order chi connectivity index (χ0) is 21.7. The maximum absolute atomic E-state index is 12.4. The standard InChI is InChI=1S/C20H14IN3O5S/c1-3-6-29-19-15(21)7-12(8-16(19)28-2)11-22-23-20(25)18-10-13-9-14(24(26)27)4-5-17(13)30-18/h1,4-5,7-11H,6H2,2H3,(H,23,25)/b22-11-. The summed E-state index contributed by atoms with van der Waals surface area (Å²) in [5.74, 6) is 3.03. The van der Waals surface area contributed by atoms with Crippen LogP contribution in [0.3, 0.4) is 0 Å². The summed E-state index contributed by atoms with van der Waals surface area (Å²) < 4.78 is 12.4.